The van der Waals surface area contributed by atoms with Crippen molar-refractivity contribution in [2.45, 2.75) is 29.6 Å². The van der Waals surface area contributed by atoms with Gasteiger partial charge in [0.05, 0.1) is 0 Å². The number of carbonyl (C=O) groups is 1. The van der Waals surface area contributed by atoms with Crippen LogP contribution in [0.3, 0.4) is 0 Å². The summed E-state index contributed by atoms with van der Waals surface area (Å²) in [6.07, 6.45) is 4.91. The zero-order chi connectivity index (χ0) is 6.97. The van der Waals surface area contributed by atoms with Crippen molar-refractivity contribution in [3.8, 4) is 0 Å². The molecule has 2 rings (SSSR count). The van der Waals surface area contributed by atoms with Crippen molar-refractivity contribution in [2.75, 3.05) is 0 Å². The molecule has 1 aliphatic heterocycles. The summed E-state index contributed by atoms with van der Waals surface area (Å²) in [5.74, 6) is 0.430. The van der Waals surface area contributed by atoms with Crippen LogP contribution in [0.4, 0.5) is 0 Å². The van der Waals surface area contributed by atoms with Gasteiger partial charge < -0.3 is 0 Å². The molecule has 58 valence electrons. The van der Waals surface area contributed by atoms with Crippen molar-refractivity contribution in [2.24, 2.45) is 5.92 Å². The maximum absolute atomic E-state index is 11.0. The third kappa shape index (κ3) is 1.04. The quantitative estimate of drug-likeness (QED) is 0.372. The Morgan fingerprint density at radius 1 is 1.40 bits per heavy atom. The fourth-order valence-corrected chi connectivity index (χ4v) is 4.22. The monoisotopic (exact) mass is 253 g/mol. The molecule has 0 spiro atoms. The van der Waals surface area contributed by atoms with Gasteiger partial charge in [0, 0.05) is 0 Å². The molecule has 0 N–H and O–H groups in total. The van der Waals surface area contributed by atoms with Crippen molar-refractivity contribution in [3.63, 3.8) is 0 Å². The summed E-state index contributed by atoms with van der Waals surface area (Å²) in [5, 5.41) is 0. The number of alkyl halides is 1. The predicted molar refractivity (Wildman–Crippen MR) is 31.8 cm³/mol. The molecule has 2 aliphatic rings. The van der Waals surface area contributed by atoms with Crippen LogP contribution in [0.1, 0.15) is 25.7 Å². The molecule has 1 unspecified atom stereocenters. The molecule has 10 heavy (non-hydrogen) atoms. The summed E-state index contributed by atoms with van der Waals surface area (Å²) in [4.78, 5) is 11.0. The van der Waals surface area contributed by atoms with Crippen LogP contribution in [0, 0.1) is 5.92 Å². The van der Waals surface area contributed by atoms with Crippen molar-refractivity contribution < 1.29 is 29.5 Å². The third-order valence-electron chi connectivity index (χ3n) is 2.22. The number of fused-ring (bicyclic) bond motifs is 1. The Balaban J connectivity index is 2.08. The van der Waals surface area contributed by atoms with E-state index in [1.165, 1.54) is 19.3 Å². The van der Waals surface area contributed by atoms with Crippen LogP contribution in [0.15, 0.2) is 0 Å². The average Bonchev–Trinajstić information content (AvgIpc) is 2.34. The fraction of sp³-hybridized carbons (Fsp3) is 0.857. The van der Waals surface area contributed by atoms with E-state index in [0.717, 1.165) is 6.42 Å². The number of carbonyl (C=O) groups excluding carboxylic acids is 1. The summed E-state index contributed by atoms with van der Waals surface area (Å²) >= 11 is -0.209. The van der Waals surface area contributed by atoms with E-state index in [0.29, 0.717) is 9.84 Å². The molecule has 2 nitrogen and oxygen atoms in total. The van der Waals surface area contributed by atoms with Crippen LogP contribution in [0.5, 0.6) is 0 Å². The summed E-state index contributed by atoms with van der Waals surface area (Å²) in [7, 11) is 0. The van der Waals surface area contributed by atoms with Crippen molar-refractivity contribution in [1.82, 2.24) is 0 Å². The van der Waals surface area contributed by atoms with Gasteiger partial charge in [0.15, 0.2) is 0 Å². The van der Waals surface area contributed by atoms with Crippen LogP contribution < -0.4 is 21.6 Å². The summed E-state index contributed by atoms with van der Waals surface area (Å²) in [6.45, 7) is 0. The first-order valence-corrected chi connectivity index (χ1v) is 5.85. The van der Waals surface area contributed by atoms with Crippen LogP contribution in [0.25, 0.3) is 0 Å². The number of hydrogen-bond acceptors (Lipinski definition) is 2. The molecule has 3 heteroatoms. The number of hydrogen-bond donors (Lipinski definition) is 0. The van der Waals surface area contributed by atoms with Gasteiger partial charge in [-0.3, -0.25) is 0 Å². The molecular weight excluding hydrogens is 243 g/mol. The second-order valence-electron chi connectivity index (χ2n) is 2.89. The molecule has 0 radical (unpaired) electrons. The van der Waals surface area contributed by atoms with Gasteiger partial charge in [-0.25, -0.2) is 0 Å². The second-order valence-corrected chi connectivity index (χ2v) is 5.44. The average molecular weight is 253 g/mol. The van der Waals surface area contributed by atoms with E-state index in [1.807, 2.05) is 0 Å². The zero-order valence-electron chi connectivity index (χ0n) is 5.68. The van der Waals surface area contributed by atoms with Crippen LogP contribution in [-0.2, 0) is 7.86 Å². The number of rotatable bonds is 0. The Morgan fingerprint density at radius 3 is 3.00 bits per heavy atom. The summed E-state index contributed by atoms with van der Waals surface area (Å²) < 4.78 is 5.75. The minimum absolute atomic E-state index is 0.109. The first-order chi connectivity index (χ1) is 4.88. The maximum atomic E-state index is 11.0. The zero-order valence-corrected chi connectivity index (χ0v) is 7.84. The molecule has 1 saturated heterocycles. The van der Waals surface area contributed by atoms with Crippen LogP contribution in [-0.4, -0.2) is 9.89 Å². The van der Waals surface area contributed by atoms with E-state index in [1.54, 1.807) is 0 Å². The molecule has 2 fully saturated rings. The summed E-state index contributed by atoms with van der Waals surface area (Å²) in [5.41, 5.74) is 0. The van der Waals surface area contributed by atoms with Crippen molar-refractivity contribution in [1.29, 1.82) is 0 Å². The third-order valence-corrected chi connectivity index (χ3v) is 5.05. The second kappa shape index (κ2) is 2.68. The Bertz CT molecular complexity index is 158. The SMILES string of the molecule is O=C1O[I-][C@H]2CCCCC12. The molecule has 1 saturated carbocycles. The van der Waals surface area contributed by atoms with Crippen LogP contribution in [0.2, 0.25) is 0 Å². The van der Waals surface area contributed by atoms with Crippen molar-refractivity contribution >= 4 is 5.97 Å². The molecule has 2 atom stereocenters. The molecule has 0 aromatic heterocycles. The van der Waals surface area contributed by atoms with Gasteiger partial charge in [-0.15, -0.1) is 0 Å². The van der Waals surface area contributed by atoms with Gasteiger partial charge in [0.2, 0.25) is 0 Å². The van der Waals surface area contributed by atoms with Gasteiger partial charge in [0.25, 0.3) is 0 Å². The number of halogens is 1. The Hall–Kier alpha value is 0.200. The van der Waals surface area contributed by atoms with E-state index < -0.39 is 0 Å². The molecule has 0 aromatic rings. The van der Waals surface area contributed by atoms with E-state index in [-0.39, 0.29) is 27.6 Å². The molecular formula is C7H10IO2-. The normalized spacial score (nSPS) is 39.8. The first kappa shape index (κ1) is 6.88. The van der Waals surface area contributed by atoms with Gasteiger partial charge in [-0.1, -0.05) is 0 Å². The van der Waals surface area contributed by atoms with E-state index in [4.69, 9.17) is 3.07 Å². The molecule has 1 heterocycles. The van der Waals surface area contributed by atoms with Gasteiger partial charge >= 0.3 is 71.0 Å². The molecule has 0 amide bonds. The Morgan fingerprint density at radius 2 is 2.20 bits per heavy atom. The van der Waals surface area contributed by atoms with E-state index in [2.05, 4.69) is 0 Å². The summed E-state index contributed by atoms with van der Waals surface area (Å²) in [6, 6.07) is 0. The van der Waals surface area contributed by atoms with E-state index >= 15 is 0 Å². The van der Waals surface area contributed by atoms with Gasteiger partial charge in [-0.2, -0.15) is 0 Å². The molecule has 0 bridgehead atoms. The molecule has 0 aromatic carbocycles. The molecule has 1 aliphatic carbocycles. The first-order valence-electron chi connectivity index (χ1n) is 3.72. The van der Waals surface area contributed by atoms with Gasteiger partial charge in [0.1, 0.15) is 0 Å². The topological polar surface area (TPSA) is 26.3 Å². The van der Waals surface area contributed by atoms with Crippen molar-refractivity contribution in [3.05, 3.63) is 0 Å². The predicted octanol–water partition coefficient (Wildman–Crippen LogP) is -1.89. The van der Waals surface area contributed by atoms with Gasteiger partial charge in [-0.05, 0) is 0 Å². The fourth-order valence-electron chi connectivity index (χ4n) is 1.62. The Kier molecular flexibility index (Phi) is 1.84. The Labute approximate surface area is 71.1 Å². The van der Waals surface area contributed by atoms with E-state index in [9.17, 15) is 4.79 Å². The standard InChI is InChI=1S/C7H10IO2/c9-7-5-3-1-2-4-6(5)8-10-7/h5-6H,1-4H2/q-1/t5?,6-/m0/s1. The van der Waals surface area contributed by atoms with Crippen LogP contribution >= 0.6 is 0 Å². The minimum atomic E-state index is -0.209.